The fourth-order valence-electron chi connectivity index (χ4n) is 2.74. The molecule has 0 spiro atoms. The molecule has 0 aromatic heterocycles. The van der Waals surface area contributed by atoms with E-state index in [9.17, 15) is 0 Å². The zero-order chi connectivity index (χ0) is 16.9. The third-order valence-electron chi connectivity index (χ3n) is 3.86. The van der Waals surface area contributed by atoms with Gasteiger partial charge in [-0.2, -0.15) is 0 Å². The summed E-state index contributed by atoms with van der Waals surface area (Å²) in [5.74, 6) is 0.884. The van der Waals surface area contributed by atoms with E-state index in [0.29, 0.717) is 6.61 Å². The zero-order valence-corrected chi connectivity index (χ0v) is 15.2. The van der Waals surface area contributed by atoms with Crippen LogP contribution in [0.4, 0.5) is 0 Å². The first-order chi connectivity index (χ1) is 11.7. The Bertz CT molecular complexity index is 853. The lowest BCUT2D eigenvalue weighted by atomic mass is 9.96. The molecule has 3 aromatic rings. The van der Waals surface area contributed by atoms with E-state index < -0.39 is 0 Å². The summed E-state index contributed by atoms with van der Waals surface area (Å²) in [7, 11) is 0. The first-order valence-electron chi connectivity index (χ1n) is 7.89. The van der Waals surface area contributed by atoms with Gasteiger partial charge in [-0.1, -0.05) is 94.8 Å². The van der Waals surface area contributed by atoms with E-state index in [0.717, 1.165) is 32.5 Å². The van der Waals surface area contributed by atoms with Crippen LogP contribution in [0, 0.1) is 6.92 Å². The van der Waals surface area contributed by atoms with Crippen LogP contribution in [0.25, 0.3) is 22.3 Å². The molecule has 0 saturated carbocycles. The van der Waals surface area contributed by atoms with Gasteiger partial charge in [-0.3, -0.25) is 0 Å². The van der Waals surface area contributed by atoms with Crippen LogP contribution in [-0.2, 0) is 0 Å². The zero-order valence-electron chi connectivity index (χ0n) is 13.6. The molecule has 1 nitrogen and oxygen atoms in total. The molecule has 0 unspecified atom stereocenters. The van der Waals surface area contributed by atoms with Gasteiger partial charge in [0.25, 0.3) is 0 Å². The van der Waals surface area contributed by atoms with E-state index in [4.69, 9.17) is 4.74 Å². The second-order valence-corrected chi connectivity index (χ2v) is 6.49. The summed E-state index contributed by atoms with van der Waals surface area (Å²) < 4.78 is 7.14. The van der Waals surface area contributed by atoms with Crippen LogP contribution < -0.4 is 4.74 Å². The predicted molar refractivity (Wildman–Crippen MR) is 105 cm³/mol. The molecule has 0 amide bonds. The summed E-state index contributed by atoms with van der Waals surface area (Å²) in [6, 6.07) is 22.9. The van der Waals surface area contributed by atoms with Gasteiger partial charge in [0.1, 0.15) is 12.4 Å². The highest BCUT2D eigenvalue weighted by atomic mass is 79.9. The van der Waals surface area contributed by atoms with Crippen LogP contribution in [0.2, 0.25) is 0 Å². The summed E-state index contributed by atoms with van der Waals surface area (Å²) in [5, 5.41) is 0. The number of para-hydroxylation sites is 1. The van der Waals surface area contributed by atoms with Crippen LogP contribution in [0.1, 0.15) is 5.56 Å². The minimum atomic E-state index is 0.473. The first-order valence-corrected chi connectivity index (χ1v) is 8.68. The van der Waals surface area contributed by atoms with Crippen LogP contribution in [-0.4, -0.2) is 6.61 Å². The molecule has 3 aromatic carbocycles. The molecule has 0 saturated heterocycles. The largest absolute Gasteiger partial charge is 0.488 e. The van der Waals surface area contributed by atoms with Crippen molar-refractivity contribution in [3.05, 3.63) is 89.4 Å². The molecule has 0 aliphatic carbocycles. The number of aryl methyl sites for hydroxylation is 1. The first kappa shape index (κ1) is 16.5. The topological polar surface area (TPSA) is 9.23 Å². The van der Waals surface area contributed by atoms with Crippen LogP contribution >= 0.6 is 15.9 Å². The van der Waals surface area contributed by atoms with Crippen LogP contribution in [0.15, 0.2) is 83.9 Å². The van der Waals surface area contributed by atoms with Crippen LogP contribution in [0.5, 0.6) is 5.75 Å². The van der Waals surface area contributed by atoms with Gasteiger partial charge >= 0.3 is 0 Å². The van der Waals surface area contributed by atoms with Crippen molar-refractivity contribution in [2.45, 2.75) is 6.92 Å². The molecule has 0 bridgehead atoms. The summed E-state index contributed by atoms with van der Waals surface area (Å²) in [5.41, 5.74) is 5.65. The number of hydrogen-bond acceptors (Lipinski definition) is 1. The van der Waals surface area contributed by atoms with Gasteiger partial charge in [-0.15, -0.1) is 0 Å². The second kappa shape index (κ2) is 7.50. The normalized spacial score (nSPS) is 10.4. The van der Waals surface area contributed by atoms with Crippen molar-refractivity contribution >= 4 is 15.9 Å². The molecule has 24 heavy (non-hydrogen) atoms. The Labute approximate surface area is 151 Å². The molecule has 0 radical (unpaired) electrons. The molecule has 0 aliphatic heterocycles. The maximum atomic E-state index is 6.08. The third-order valence-corrected chi connectivity index (χ3v) is 4.55. The minimum absolute atomic E-state index is 0.473. The van der Waals surface area contributed by atoms with E-state index in [1.54, 1.807) is 6.08 Å². The number of hydrogen-bond donors (Lipinski definition) is 0. The van der Waals surface area contributed by atoms with E-state index in [1.807, 2.05) is 18.2 Å². The van der Waals surface area contributed by atoms with Crippen molar-refractivity contribution in [1.29, 1.82) is 0 Å². The lowest BCUT2D eigenvalue weighted by molar-refractivity contribution is 0.366. The Morgan fingerprint density at radius 3 is 2.42 bits per heavy atom. The van der Waals surface area contributed by atoms with Gasteiger partial charge in [0.05, 0.1) is 0 Å². The van der Waals surface area contributed by atoms with E-state index >= 15 is 0 Å². The standard InChI is InChI=1S/C22H19BrO/c1-3-14-24-22-18(17-8-5-4-6-9-17)10-7-11-19(22)20-15-16(2)12-13-21(20)23/h3-13,15H,1,14H2,2H3. The monoisotopic (exact) mass is 378 g/mol. The Kier molecular flexibility index (Phi) is 5.17. The molecule has 120 valence electrons. The Balaban J connectivity index is 2.22. The van der Waals surface area contributed by atoms with Gasteiger partial charge in [-0.25, -0.2) is 0 Å². The minimum Gasteiger partial charge on any atom is -0.488 e. The van der Waals surface area contributed by atoms with Crippen molar-refractivity contribution in [3.8, 4) is 28.0 Å². The van der Waals surface area contributed by atoms with E-state index in [2.05, 4.69) is 78.0 Å². The molecular weight excluding hydrogens is 360 g/mol. The predicted octanol–water partition coefficient (Wildman–Crippen LogP) is 6.66. The maximum absolute atomic E-state index is 6.08. The fourth-order valence-corrected chi connectivity index (χ4v) is 3.20. The Morgan fingerprint density at radius 2 is 1.67 bits per heavy atom. The molecule has 0 heterocycles. The van der Waals surface area contributed by atoms with Gasteiger partial charge in [0.15, 0.2) is 0 Å². The Morgan fingerprint density at radius 1 is 0.917 bits per heavy atom. The lowest BCUT2D eigenvalue weighted by Crippen LogP contribution is -1.98. The molecule has 3 rings (SSSR count). The van der Waals surface area contributed by atoms with Crippen molar-refractivity contribution < 1.29 is 4.74 Å². The Hall–Kier alpha value is -2.32. The highest BCUT2D eigenvalue weighted by molar-refractivity contribution is 9.10. The highest BCUT2D eigenvalue weighted by Crippen LogP contribution is 2.41. The van der Waals surface area contributed by atoms with Crippen molar-refractivity contribution in [2.75, 3.05) is 6.61 Å². The third kappa shape index (κ3) is 3.44. The SMILES string of the molecule is C=CCOc1c(-c2ccccc2)cccc1-c1cc(C)ccc1Br. The molecule has 0 fully saturated rings. The number of ether oxygens (including phenoxy) is 1. The molecule has 0 N–H and O–H groups in total. The maximum Gasteiger partial charge on any atom is 0.135 e. The summed E-state index contributed by atoms with van der Waals surface area (Å²) in [6.45, 7) is 6.35. The average Bonchev–Trinajstić information content (AvgIpc) is 2.62. The average molecular weight is 379 g/mol. The van der Waals surface area contributed by atoms with Gasteiger partial charge in [0.2, 0.25) is 0 Å². The summed E-state index contributed by atoms with van der Waals surface area (Å²) in [6.07, 6.45) is 1.77. The number of halogens is 1. The van der Waals surface area contributed by atoms with E-state index in [-0.39, 0.29) is 0 Å². The quantitative estimate of drug-likeness (QED) is 0.451. The summed E-state index contributed by atoms with van der Waals surface area (Å²) in [4.78, 5) is 0. The van der Waals surface area contributed by atoms with Gasteiger partial charge < -0.3 is 4.74 Å². The van der Waals surface area contributed by atoms with Crippen molar-refractivity contribution in [3.63, 3.8) is 0 Å². The fraction of sp³-hybridized carbons (Fsp3) is 0.0909. The molecule has 0 aliphatic rings. The molecule has 2 heteroatoms. The van der Waals surface area contributed by atoms with E-state index in [1.165, 1.54) is 5.56 Å². The summed E-state index contributed by atoms with van der Waals surface area (Å²) >= 11 is 3.67. The lowest BCUT2D eigenvalue weighted by Gasteiger charge is -2.17. The van der Waals surface area contributed by atoms with Gasteiger partial charge in [0, 0.05) is 15.6 Å². The number of benzene rings is 3. The highest BCUT2D eigenvalue weighted by Gasteiger charge is 2.15. The second-order valence-electron chi connectivity index (χ2n) is 5.63. The number of rotatable bonds is 5. The van der Waals surface area contributed by atoms with Crippen molar-refractivity contribution in [2.24, 2.45) is 0 Å². The van der Waals surface area contributed by atoms with Crippen molar-refractivity contribution in [1.82, 2.24) is 0 Å². The molecule has 0 atom stereocenters. The smallest absolute Gasteiger partial charge is 0.135 e. The van der Waals surface area contributed by atoms with Crippen LogP contribution in [0.3, 0.4) is 0 Å². The van der Waals surface area contributed by atoms with Gasteiger partial charge in [-0.05, 0) is 24.1 Å². The molecular formula is C22H19BrO.